The zero-order valence-corrected chi connectivity index (χ0v) is 14.6. The fourth-order valence-electron chi connectivity index (χ4n) is 4.74. The molecule has 2 saturated carbocycles. The minimum absolute atomic E-state index is 0.106. The molecule has 22 heavy (non-hydrogen) atoms. The van der Waals surface area contributed by atoms with E-state index in [-0.39, 0.29) is 5.54 Å². The molecule has 0 saturated heterocycles. The van der Waals surface area contributed by atoms with Crippen LogP contribution >= 0.6 is 11.6 Å². The van der Waals surface area contributed by atoms with Crippen LogP contribution in [0.15, 0.2) is 24.3 Å². The van der Waals surface area contributed by atoms with Crippen molar-refractivity contribution < 1.29 is 0 Å². The Morgan fingerprint density at radius 3 is 2.45 bits per heavy atom. The predicted octanol–water partition coefficient (Wildman–Crippen LogP) is 5.91. The summed E-state index contributed by atoms with van der Waals surface area (Å²) in [7, 11) is 0. The third-order valence-electron chi connectivity index (χ3n) is 6.32. The molecule has 2 N–H and O–H groups in total. The van der Waals surface area contributed by atoms with Crippen LogP contribution in [0.4, 0.5) is 0 Å². The Labute approximate surface area is 140 Å². The van der Waals surface area contributed by atoms with Gasteiger partial charge in [0.05, 0.1) is 0 Å². The van der Waals surface area contributed by atoms with Crippen molar-refractivity contribution in [3.63, 3.8) is 0 Å². The molecular weight excluding hydrogens is 290 g/mol. The van der Waals surface area contributed by atoms with Crippen LogP contribution in [0.5, 0.6) is 0 Å². The highest BCUT2D eigenvalue weighted by Gasteiger charge is 2.35. The maximum Gasteiger partial charge on any atom is 0.0440 e. The Morgan fingerprint density at radius 2 is 1.82 bits per heavy atom. The van der Waals surface area contributed by atoms with Gasteiger partial charge in [-0.2, -0.15) is 0 Å². The van der Waals surface area contributed by atoms with E-state index in [4.69, 9.17) is 17.3 Å². The second-order valence-electron chi connectivity index (χ2n) is 7.91. The fraction of sp³-hybridized carbons (Fsp3) is 0.700. The van der Waals surface area contributed by atoms with Crippen LogP contribution in [0.2, 0.25) is 5.02 Å². The Balaban J connectivity index is 1.47. The van der Waals surface area contributed by atoms with E-state index < -0.39 is 0 Å². The van der Waals surface area contributed by atoms with Gasteiger partial charge in [0.1, 0.15) is 0 Å². The molecular formula is C20H30ClN. The highest BCUT2D eigenvalue weighted by Crippen LogP contribution is 2.42. The highest BCUT2D eigenvalue weighted by molar-refractivity contribution is 6.31. The monoisotopic (exact) mass is 319 g/mol. The van der Waals surface area contributed by atoms with E-state index >= 15 is 0 Å². The molecule has 0 radical (unpaired) electrons. The van der Waals surface area contributed by atoms with Crippen LogP contribution in [0.25, 0.3) is 0 Å². The lowest BCUT2D eigenvalue weighted by atomic mass is 9.75. The zero-order chi connectivity index (χ0) is 15.6. The van der Waals surface area contributed by atoms with Crippen molar-refractivity contribution in [1.29, 1.82) is 0 Å². The molecule has 2 aliphatic rings. The molecule has 0 amide bonds. The SMILES string of the molecule is CC1(N)CCCC1CCC1CCC(c2ccccc2Cl)CC1. The van der Waals surface area contributed by atoms with Crippen molar-refractivity contribution >= 4 is 11.6 Å². The maximum atomic E-state index is 6.44. The first-order chi connectivity index (χ1) is 10.6. The van der Waals surface area contributed by atoms with Gasteiger partial charge in [0.25, 0.3) is 0 Å². The largest absolute Gasteiger partial charge is 0.325 e. The van der Waals surface area contributed by atoms with Gasteiger partial charge in [0, 0.05) is 10.6 Å². The molecule has 0 aliphatic heterocycles. The van der Waals surface area contributed by atoms with Crippen molar-refractivity contribution in [1.82, 2.24) is 0 Å². The van der Waals surface area contributed by atoms with Gasteiger partial charge in [-0.05, 0) is 81.3 Å². The first-order valence-electron chi connectivity index (χ1n) is 9.09. The second kappa shape index (κ2) is 6.93. The van der Waals surface area contributed by atoms with Gasteiger partial charge in [0.15, 0.2) is 0 Å². The van der Waals surface area contributed by atoms with E-state index in [9.17, 15) is 0 Å². The summed E-state index contributed by atoms with van der Waals surface area (Å²) < 4.78 is 0. The summed E-state index contributed by atoms with van der Waals surface area (Å²) in [5.74, 6) is 2.35. The second-order valence-corrected chi connectivity index (χ2v) is 8.32. The smallest absolute Gasteiger partial charge is 0.0440 e. The van der Waals surface area contributed by atoms with Crippen LogP contribution in [-0.2, 0) is 0 Å². The highest BCUT2D eigenvalue weighted by atomic mass is 35.5. The minimum Gasteiger partial charge on any atom is -0.325 e. The molecule has 0 aromatic heterocycles. The Kier molecular flexibility index (Phi) is 5.14. The van der Waals surface area contributed by atoms with Crippen molar-refractivity contribution in [3.05, 3.63) is 34.9 Å². The molecule has 122 valence electrons. The first-order valence-corrected chi connectivity index (χ1v) is 9.47. The lowest BCUT2D eigenvalue weighted by molar-refractivity contribution is 0.256. The van der Waals surface area contributed by atoms with Crippen molar-refractivity contribution in [3.8, 4) is 0 Å². The minimum atomic E-state index is 0.106. The summed E-state index contributed by atoms with van der Waals surface area (Å²) in [6.07, 6.45) is 12.0. The summed E-state index contributed by atoms with van der Waals surface area (Å²) in [6.45, 7) is 2.26. The summed E-state index contributed by atoms with van der Waals surface area (Å²) in [6, 6.07) is 8.40. The van der Waals surface area contributed by atoms with Crippen LogP contribution in [0.3, 0.4) is 0 Å². The van der Waals surface area contributed by atoms with E-state index in [1.807, 2.05) is 12.1 Å². The number of rotatable bonds is 4. The van der Waals surface area contributed by atoms with Crippen LogP contribution in [0.1, 0.15) is 76.2 Å². The van der Waals surface area contributed by atoms with Crippen LogP contribution < -0.4 is 5.73 Å². The number of hydrogen-bond donors (Lipinski definition) is 1. The average Bonchev–Trinajstić information content (AvgIpc) is 2.85. The van der Waals surface area contributed by atoms with E-state index in [2.05, 4.69) is 19.1 Å². The molecule has 3 rings (SSSR count). The average molecular weight is 320 g/mol. The summed E-state index contributed by atoms with van der Waals surface area (Å²) in [5.41, 5.74) is 7.91. The van der Waals surface area contributed by atoms with Crippen molar-refractivity contribution in [2.24, 2.45) is 17.6 Å². The molecule has 1 aromatic rings. The lowest BCUT2D eigenvalue weighted by Crippen LogP contribution is -2.39. The summed E-state index contributed by atoms with van der Waals surface area (Å²) in [5, 5.41) is 0.954. The summed E-state index contributed by atoms with van der Waals surface area (Å²) >= 11 is 6.36. The van der Waals surface area contributed by atoms with Gasteiger partial charge in [-0.25, -0.2) is 0 Å². The molecule has 1 aromatic carbocycles. The third-order valence-corrected chi connectivity index (χ3v) is 6.66. The van der Waals surface area contributed by atoms with Crippen LogP contribution in [0, 0.1) is 11.8 Å². The maximum absolute atomic E-state index is 6.44. The molecule has 2 unspecified atom stereocenters. The lowest BCUT2D eigenvalue weighted by Gasteiger charge is -2.32. The Hall–Kier alpha value is -0.530. The number of nitrogens with two attached hydrogens (primary N) is 1. The molecule has 2 aliphatic carbocycles. The molecule has 0 spiro atoms. The number of halogens is 1. The normalized spacial score (nSPS) is 35.7. The van der Waals surface area contributed by atoms with Gasteiger partial charge >= 0.3 is 0 Å². The molecule has 2 heteroatoms. The van der Waals surface area contributed by atoms with Crippen molar-refractivity contribution in [2.75, 3.05) is 0 Å². The topological polar surface area (TPSA) is 26.0 Å². The summed E-state index contributed by atoms with van der Waals surface area (Å²) in [4.78, 5) is 0. The predicted molar refractivity (Wildman–Crippen MR) is 95.3 cm³/mol. The first kappa shape index (κ1) is 16.3. The number of hydrogen-bond acceptors (Lipinski definition) is 1. The van der Waals surface area contributed by atoms with E-state index in [0.29, 0.717) is 5.92 Å². The molecule has 0 bridgehead atoms. The fourth-order valence-corrected chi connectivity index (χ4v) is 5.03. The Morgan fingerprint density at radius 1 is 1.09 bits per heavy atom. The Bertz CT molecular complexity index is 488. The molecule has 1 nitrogen and oxygen atoms in total. The van der Waals surface area contributed by atoms with Gasteiger partial charge in [-0.3, -0.25) is 0 Å². The standard InChI is InChI=1S/C20H30ClN/c1-20(22)14-4-5-17(20)13-10-15-8-11-16(12-9-15)18-6-2-3-7-19(18)21/h2-3,6-7,15-17H,4-5,8-14,22H2,1H3. The number of benzene rings is 1. The van der Waals surface area contributed by atoms with E-state index in [0.717, 1.165) is 16.9 Å². The van der Waals surface area contributed by atoms with E-state index in [1.165, 1.54) is 63.4 Å². The third kappa shape index (κ3) is 3.68. The molecule has 2 atom stereocenters. The van der Waals surface area contributed by atoms with Crippen molar-refractivity contribution in [2.45, 2.75) is 76.2 Å². The van der Waals surface area contributed by atoms with Gasteiger partial charge in [0.2, 0.25) is 0 Å². The van der Waals surface area contributed by atoms with Gasteiger partial charge < -0.3 is 5.73 Å². The zero-order valence-electron chi connectivity index (χ0n) is 13.9. The van der Waals surface area contributed by atoms with Gasteiger partial charge in [-0.15, -0.1) is 0 Å². The van der Waals surface area contributed by atoms with E-state index in [1.54, 1.807) is 0 Å². The quantitative estimate of drug-likeness (QED) is 0.733. The van der Waals surface area contributed by atoms with Crippen LogP contribution in [-0.4, -0.2) is 5.54 Å². The molecule has 2 fully saturated rings. The van der Waals surface area contributed by atoms with Gasteiger partial charge in [-0.1, -0.05) is 42.6 Å². The molecule has 0 heterocycles.